The third kappa shape index (κ3) is 3.94. The third-order valence-electron chi connectivity index (χ3n) is 5.54. The average molecular weight is 399 g/mol. The Labute approximate surface area is 170 Å². The molecule has 1 aliphatic rings. The first-order valence-corrected chi connectivity index (χ1v) is 11.1. The van der Waals surface area contributed by atoms with Gasteiger partial charge in [-0.2, -0.15) is 0 Å². The minimum Gasteiger partial charge on any atom is -0.491 e. The molecule has 0 saturated carbocycles. The molecule has 2 atom stereocenters. The van der Waals surface area contributed by atoms with Gasteiger partial charge in [0.05, 0.1) is 24.0 Å². The molecule has 0 N–H and O–H groups in total. The molecule has 148 valence electrons. The van der Waals surface area contributed by atoms with Crippen molar-refractivity contribution in [3.05, 3.63) is 53.8 Å². The van der Waals surface area contributed by atoms with E-state index in [1.165, 1.54) is 36.2 Å². The predicted molar refractivity (Wildman–Crippen MR) is 115 cm³/mol. The van der Waals surface area contributed by atoms with Crippen molar-refractivity contribution in [2.75, 3.05) is 13.2 Å². The van der Waals surface area contributed by atoms with E-state index in [0.717, 1.165) is 28.9 Å². The standard InChI is InChI=1S/C24H27FO2S/c1-3-5-20-12-10-19(15-27-20)16-6-8-17(9-7-16)22-14-18-11-13-21(26-4-2)23(25)24(18)28-22/h6-9,11,13-14,19-20H,3-5,10,12,15H2,1-2H3. The summed E-state index contributed by atoms with van der Waals surface area (Å²) in [6.07, 6.45) is 5.14. The van der Waals surface area contributed by atoms with Crippen LogP contribution in [0, 0.1) is 5.82 Å². The van der Waals surface area contributed by atoms with Crippen molar-refractivity contribution in [2.45, 2.75) is 51.6 Å². The molecule has 1 aromatic heterocycles. The Kier molecular flexibility index (Phi) is 5.98. The molecular formula is C24H27FO2S. The maximum atomic E-state index is 14.7. The van der Waals surface area contributed by atoms with E-state index in [0.29, 0.717) is 29.1 Å². The van der Waals surface area contributed by atoms with E-state index in [1.807, 2.05) is 13.0 Å². The summed E-state index contributed by atoms with van der Waals surface area (Å²) in [6, 6.07) is 14.4. The van der Waals surface area contributed by atoms with Gasteiger partial charge in [-0.15, -0.1) is 11.3 Å². The Bertz CT molecular complexity index is 924. The molecule has 0 radical (unpaired) electrons. The normalized spacial score (nSPS) is 19.8. The number of ether oxygens (including phenoxy) is 2. The van der Waals surface area contributed by atoms with Gasteiger partial charge in [0.25, 0.3) is 0 Å². The topological polar surface area (TPSA) is 18.5 Å². The summed E-state index contributed by atoms with van der Waals surface area (Å²) in [4.78, 5) is 1.08. The van der Waals surface area contributed by atoms with E-state index >= 15 is 0 Å². The molecule has 3 aromatic rings. The fourth-order valence-electron chi connectivity index (χ4n) is 4.00. The van der Waals surface area contributed by atoms with Gasteiger partial charge in [-0.1, -0.05) is 37.6 Å². The van der Waals surface area contributed by atoms with Gasteiger partial charge in [0.1, 0.15) is 0 Å². The molecular weight excluding hydrogens is 371 g/mol. The molecule has 0 aliphatic carbocycles. The Morgan fingerprint density at radius 3 is 2.61 bits per heavy atom. The van der Waals surface area contributed by atoms with Crippen LogP contribution in [-0.2, 0) is 4.74 Å². The first-order chi connectivity index (χ1) is 13.7. The molecule has 2 nitrogen and oxygen atoms in total. The summed E-state index contributed by atoms with van der Waals surface area (Å²) < 4.78 is 26.7. The molecule has 0 bridgehead atoms. The second-order valence-electron chi connectivity index (χ2n) is 7.48. The van der Waals surface area contributed by atoms with Crippen LogP contribution in [0.4, 0.5) is 4.39 Å². The summed E-state index contributed by atoms with van der Waals surface area (Å²) in [6.45, 7) is 5.36. The van der Waals surface area contributed by atoms with Gasteiger partial charge in [-0.25, -0.2) is 4.39 Å². The van der Waals surface area contributed by atoms with Gasteiger partial charge in [-0.05, 0) is 60.9 Å². The highest BCUT2D eigenvalue weighted by Gasteiger charge is 2.22. The van der Waals surface area contributed by atoms with E-state index < -0.39 is 0 Å². The van der Waals surface area contributed by atoms with Crippen LogP contribution >= 0.6 is 11.3 Å². The molecule has 2 aromatic carbocycles. The van der Waals surface area contributed by atoms with E-state index in [1.54, 1.807) is 6.07 Å². The zero-order chi connectivity index (χ0) is 19.5. The Morgan fingerprint density at radius 2 is 1.93 bits per heavy atom. The fraction of sp³-hybridized carbons (Fsp3) is 0.417. The lowest BCUT2D eigenvalue weighted by molar-refractivity contribution is -0.00111. The number of thiophene rings is 1. The Hall–Kier alpha value is -1.91. The van der Waals surface area contributed by atoms with Gasteiger partial charge in [0.2, 0.25) is 0 Å². The van der Waals surface area contributed by atoms with Crippen molar-refractivity contribution in [1.82, 2.24) is 0 Å². The number of hydrogen-bond donors (Lipinski definition) is 0. The summed E-state index contributed by atoms with van der Waals surface area (Å²) in [7, 11) is 0. The van der Waals surface area contributed by atoms with Crippen LogP contribution in [-0.4, -0.2) is 19.3 Å². The quantitative estimate of drug-likeness (QED) is 0.438. The van der Waals surface area contributed by atoms with Crippen molar-refractivity contribution in [3.8, 4) is 16.2 Å². The molecule has 0 spiro atoms. The van der Waals surface area contributed by atoms with Crippen LogP contribution < -0.4 is 4.74 Å². The molecule has 4 heteroatoms. The van der Waals surface area contributed by atoms with Crippen LogP contribution in [0.25, 0.3) is 20.5 Å². The highest BCUT2D eigenvalue weighted by atomic mass is 32.1. The van der Waals surface area contributed by atoms with Crippen molar-refractivity contribution < 1.29 is 13.9 Å². The number of hydrogen-bond acceptors (Lipinski definition) is 3. The van der Waals surface area contributed by atoms with Crippen LogP contribution in [0.3, 0.4) is 0 Å². The van der Waals surface area contributed by atoms with E-state index in [2.05, 4.69) is 37.3 Å². The molecule has 2 heterocycles. The summed E-state index contributed by atoms with van der Waals surface area (Å²) in [5.74, 6) is 0.557. The number of halogens is 1. The van der Waals surface area contributed by atoms with Crippen LogP contribution in [0.5, 0.6) is 5.75 Å². The minimum atomic E-state index is -0.256. The fourth-order valence-corrected chi connectivity index (χ4v) is 5.09. The number of rotatable bonds is 6. The van der Waals surface area contributed by atoms with E-state index in [9.17, 15) is 4.39 Å². The highest BCUT2D eigenvalue weighted by Crippen LogP contribution is 2.38. The molecule has 4 rings (SSSR count). The van der Waals surface area contributed by atoms with Crippen molar-refractivity contribution in [2.24, 2.45) is 0 Å². The van der Waals surface area contributed by atoms with E-state index in [4.69, 9.17) is 9.47 Å². The second-order valence-corrected chi connectivity index (χ2v) is 8.53. The summed E-state index contributed by atoms with van der Waals surface area (Å²) in [5.41, 5.74) is 2.47. The van der Waals surface area contributed by atoms with Crippen LogP contribution in [0.15, 0.2) is 42.5 Å². The molecule has 1 saturated heterocycles. The van der Waals surface area contributed by atoms with Gasteiger partial charge >= 0.3 is 0 Å². The second kappa shape index (κ2) is 8.62. The lowest BCUT2D eigenvalue weighted by atomic mass is 9.90. The third-order valence-corrected chi connectivity index (χ3v) is 6.73. The van der Waals surface area contributed by atoms with E-state index in [-0.39, 0.29) is 5.82 Å². The molecule has 2 unspecified atom stereocenters. The highest BCUT2D eigenvalue weighted by molar-refractivity contribution is 7.22. The molecule has 0 amide bonds. The minimum absolute atomic E-state index is 0.256. The van der Waals surface area contributed by atoms with Gasteiger partial charge < -0.3 is 9.47 Å². The van der Waals surface area contributed by atoms with Crippen LogP contribution in [0.1, 0.15) is 51.0 Å². The maximum absolute atomic E-state index is 14.7. The van der Waals surface area contributed by atoms with Crippen molar-refractivity contribution in [1.29, 1.82) is 0 Å². The SMILES string of the molecule is CCCC1CCC(c2ccc(-c3cc4ccc(OCC)c(F)c4s3)cc2)CO1. The Morgan fingerprint density at radius 1 is 1.11 bits per heavy atom. The monoisotopic (exact) mass is 398 g/mol. The lowest BCUT2D eigenvalue weighted by Gasteiger charge is -2.29. The van der Waals surface area contributed by atoms with Gasteiger partial charge in [-0.3, -0.25) is 0 Å². The average Bonchev–Trinajstić information content (AvgIpc) is 3.17. The Balaban J connectivity index is 1.52. The molecule has 1 fully saturated rings. The predicted octanol–water partition coefficient (Wildman–Crippen LogP) is 7.17. The zero-order valence-electron chi connectivity index (χ0n) is 16.5. The van der Waals surface area contributed by atoms with Crippen molar-refractivity contribution in [3.63, 3.8) is 0 Å². The van der Waals surface area contributed by atoms with Gasteiger partial charge in [0, 0.05) is 10.8 Å². The summed E-state index contributed by atoms with van der Waals surface area (Å²) in [5, 5.41) is 0.924. The van der Waals surface area contributed by atoms with Crippen LogP contribution in [0.2, 0.25) is 0 Å². The molecule has 28 heavy (non-hydrogen) atoms. The zero-order valence-corrected chi connectivity index (χ0v) is 17.4. The maximum Gasteiger partial charge on any atom is 0.182 e. The lowest BCUT2D eigenvalue weighted by Crippen LogP contribution is -2.24. The smallest absolute Gasteiger partial charge is 0.182 e. The number of benzene rings is 2. The summed E-state index contributed by atoms with van der Waals surface area (Å²) >= 11 is 1.48. The van der Waals surface area contributed by atoms with Gasteiger partial charge in [0.15, 0.2) is 11.6 Å². The van der Waals surface area contributed by atoms with Crippen molar-refractivity contribution >= 4 is 21.4 Å². The largest absolute Gasteiger partial charge is 0.491 e. The molecule has 1 aliphatic heterocycles. The number of fused-ring (bicyclic) bond motifs is 1. The first kappa shape index (κ1) is 19.4. The first-order valence-electron chi connectivity index (χ1n) is 10.3.